The third-order valence-corrected chi connectivity index (χ3v) is 16.8. The van der Waals surface area contributed by atoms with Crippen LogP contribution in [-0.2, 0) is 13.6 Å². The van der Waals surface area contributed by atoms with E-state index < -0.39 is 16.6 Å². The van der Waals surface area contributed by atoms with Crippen molar-refractivity contribution in [3.63, 3.8) is 0 Å². The van der Waals surface area contributed by atoms with Crippen molar-refractivity contribution >= 4 is 33.3 Å². The number of rotatable bonds is 13. The second kappa shape index (κ2) is 12.2. The molecular formula is C28H44O3Si2. The molecule has 0 bridgehead atoms. The molecule has 0 saturated carbocycles. The molecule has 0 fully saturated rings. The van der Waals surface area contributed by atoms with E-state index in [-0.39, 0.29) is 17.1 Å². The summed E-state index contributed by atoms with van der Waals surface area (Å²) >= 11 is 0. The van der Waals surface area contributed by atoms with E-state index in [4.69, 9.17) is 8.85 Å². The number of benzene rings is 2. The monoisotopic (exact) mass is 484 g/mol. The maximum atomic E-state index is 11.5. The van der Waals surface area contributed by atoms with Gasteiger partial charge in [0.1, 0.15) is 6.29 Å². The van der Waals surface area contributed by atoms with Gasteiger partial charge in [0.05, 0.1) is 12.7 Å². The van der Waals surface area contributed by atoms with Gasteiger partial charge >= 0.3 is 0 Å². The van der Waals surface area contributed by atoms with E-state index in [9.17, 15) is 4.79 Å². The van der Waals surface area contributed by atoms with E-state index in [1.54, 1.807) is 0 Å². The molecule has 0 N–H and O–H groups in total. The molecule has 2 rings (SSSR count). The summed E-state index contributed by atoms with van der Waals surface area (Å²) < 4.78 is 14.1. The van der Waals surface area contributed by atoms with Crippen LogP contribution in [0, 0.1) is 5.92 Å². The van der Waals surface area contributed by atoms with Crippen LogP contribution in [-0.4, -0.2) is 35.6 Å². The van der Waals surface area contributed by atoms with Gasteiger partial charge in [-0.1, -0.05) is 109 Å². The molecule has 0 aliphatic rings. The van der Waals surface area contributed by atoms with Crippen molar-refractivity contribution in [2.75, 3.05) is 6.61 Å². The molecule has 0 aliphatic carbocycles. The number of carbonyl (C=O) groups excluding carboxylic acids is 1. The Balaban J connectivity index is 2.52. The predicted octanol–water partition coefficient (Wildman–Crippen LogP) is 6.18. The molecule has 0 aliphatic heterocycles. The van der Waals surface area contributed by atoms with Gasteiger partial charge in [0.15, 0.2) is 8.32 Å². The lowest BCUT2D eigenvalue weighted by atomic mass is 10.1. The molecule has 0 heterocycles. The first-order chi connectivity index (χ1) is 15.7. The van der Waals surface area contributed by atoms with Crippen LogP contribution in [0.2, 0.25) is 23.2 Å². The zero-order valence-electron chi connectivity index (χ0n) is 21.8. The SMILES string of the molecule is CC[Si](CC)(CC)O[C@@H](CO[Si](c1ccccc1)(c1ccccc1)C(C)(C)C)C[C@@H](C)C=O. The van der Waals surface area contributed by atoms with E-state index in [1.165, 1.54) is 10.4 Å². The van der Waals surface area contributed by atoms with Gasteiger partial charge in [-0.3, -0.25) is 0 Å². The Kier molecular flexibility index (Phi) is 10.3. The first-order valence-corrected chi connectivity index (χ1v) is 17.0. The first-order valence-electron chi connectivity index (χ1n) is 12.6. The van der Waals surface area contributed by atoms with Gasteiger partial charge in [-0.15, -0.1) is 0 Å². The zero-order chi connectivity index (χ0) is 24.5. The number of hydrogen-bond acceptors (Lipinski definition) is 3. The Morgan fingerprint density at radius 2 is 1.30 bits per heavy atom. The Hall–Kier alpha value is -1.54. The van der Waals surface area contributed by atoms with Gasteiger partial charge < -0.3 is 13.6 Å². The average Bonchev–Trinajstić information content (AvgIpc) is 2.83. The van der Waals surface area contributed by atoms with Crippen LogP contribution in [0.5, 0.6) is 0 Å². The van der Waals surface area contributed by atoms with Crippen LogP contribution < -0.4 is 10.4 Å². The normalized spacial score (nSPS) is 14.6. The van der Waals surface area contributed by atoms with Crippen molar-refractivity contribution in [3.05, 3.63) is 60.7 Å². The van der Waals surface area contributed by atoms with Crippen LogP contribution in [0.3, 0.4) is 0 Å². The smallest absolute Gasteiger partial charge is 0.261 e. The molecule has 2 atom stereocenters. The third-order valence-electron chi connectivity index (χ3n) is 7.12. The summed E-state index contributed by atoms with van der Waals surface area (Å²) in [5.41, 5.74) is 0. The van der Waals surface area contributed by atoms with Gasteiger partial charge in [-0.25, -0.2) is 0 Å². The number of carbonyl (C=O) groups is 1. The Bertz CT molecular complexity index is 781. The van der Waals surface area contributed by atoms with Crippen LogP contribution in [0.25, 0.3) is 0 Å². The minimum Gasteiger partial charge on any atom is -0.412 e. The lowest BCUT2D eigenvalue weighted by molar-refractivity contribution is -0.111. The Labute approximate surface area is 204 Å². The van der Waals surface area contributed by atoms with Crippen molar-refractivity contribution < 1.29 is 13.6 Å². The molecule has 0 saturated heterocycles. The first kappa shape index (κ1) is 27.7. The minimum absolute atomic E-state index is 0.0463. The second-order valence-electron chi connectivity index (χ2n) is 10.3. The lowest BCUT2D eigenvalue weighted by Gasteiger charge is -2.44. The van der Waals surface area contributed by atoms with Crippen molar-refractivity contribution in [3.8, 4) is 0 Å². The maximum absolute atomic E-state index is 11.5. The van der Waals surface area contributed by atoms with Crippen molar-refractivity contribution in [2.24, 2.45) is 5.92 Å². The molecule has 5 heteroatoms. The quantitative estimate of drug-likeness (QED) is 0.252. The second-order valence-corrected chi connectivity index (χ2v) is 19.3. The highest BCUT2D eigenvalue weighted by molar-refractivity contribution is 6.99. The minimum atomic E-state index is -2.63. The molecule has 3 nitrogen and oxygen atoms in total. The summed E-state index contributed by atoms with van der Waals surface area (Å²) in [7, 11) is -4.47. The zero-order valence-corrected chi connectivity index (χ0v) is 23.8. The van der Waals surface area contributed by atoms with E-state index in [1.807, 2.05) is 6.92 Å². The fourth-order valence-electron chi connectivity index (χ4n) is 4.95. The van der Waals surface area contributed by atoms with Gasteiger partial charge in [0, 0.05) is 5.92 Å². The van der Waals surface area contributed by atoms with Gasteiger partial charge in [0.25, 0.3) is 8.32 Å². The molecule has 0 spiro atoms. The molecule has 182 valence electrons. The fourth-order valence-corrected chi connectivity index (χ4v) is 12.4. The topological polar surface area (TPSA) is 35.5 Å². The summed E-state index contributed by atoms with van der Waals surface area (Å²) in [6, 6.07) is 24.7. The summed E-state index contributed by atoms with van der Waals surface area (Å²) in [6.07, 6.45) is 1.68. The standard InChI is InChI=1S/C28H44O3Si2/c1-8-32(9-2,10-3)31-25(21-24(4)22-29)23-30-33(28(5,6)7,26-17-13-11-14-18-26)27-19-15-12-16-20-27/h11-20,22,24-25H,8-10,21,23H2,1-7H3/t24-,25-/m1/s1. The Morgan fingerprint density at radius 1 is 0.848 bits per heavy atom. The average molecular weight is 485 g/mol. The summed E-state index contributed by atoms with van der Waals surface area (Å²) in [4.78, 5) is 11.5. The number of hydrogen-bond donors (Lipinski definition) is 0. The van der Waals surface area contributed by atoms with Crippen molar-refractivity contribution in [1.29, 1.82) is 0 Å². The third kappa shape index (κ3) is 6.53. The maximum Gasteiger partial charge on any atom is 0.261 e. The van der Waals surface area contributed by atoms with Crippen LogP contribution in [0.1, 0.15) is 54.9 Å². The van der Waals surface area contributed by atoms with Gasteiger partial charge in [-0.05, 0) is 40.0 Å². The van der Waals surface area contributed by atoms with Crippen molar-refractivity contribution in [2.45, 2.75) is 84.2 Å². The molecule has 2 aromatic rings. The van der Waals surface area contributed by atoms with Gasteiger partial charge in [0.2, 0.25) is 0 Å². The largest absolute Gasteiger partial charge is 0.412 e. The van der Waals surface area contributed by atoms with Crippen LogP contribution >= 0.6 is 0 Å². The predicted molar refractivity (Wildman–Crippen MR) is 145 cm³/mol. The van der Waals surface area contributed by atoms with E-state index in [2.05, 4.69) is 102 Å². The Morgan fingerprint density at radius 3 is 1.67 bits per heavy atom. The lowest BCUT2D eigenvalue weighted by Crippen LogP contribution is -2.67. The highest BCUT2D eigenvalue weighted by atomic mass is 28.4. The van der Waals surface area contributed by atoms with Gasteiger partial charge in [-0.2, -0.15) is 0 Å². The van der Waals surface area contributed by atoms with Crippen LogP contribution in [0.15, 0.2) is 60.7 Å². The van der Waals surface area contributed by atoms with Crippen LogP contribution in [0.4, 0.5) is 0 Å². The molecule has 0 unspecified atom stereocenters. The van der Waals surface area contributed by atoms with E-state index in [0.717, 1.165) is 24.4 Å². The molecule has 33 heavy (non-hydrogen) atoms. The summed E-state index contributed by atoms with van der Waals surface area (Å²) in [5.74, 6) is -0.0463. The fraction of sp³-hybridized carbons (Fsp3) is 0.536. The molecule has 0 aromatic heterocycles. The highest BCUT2D eigenvalue weighted by Gasteiger charge is 2.50. The summed E-state index contributed by atoms with van der Waals surface area (Å²) in [6.45, 7) is 16.2. The molecular weight excluding hydrogens is 440 g/mol. The van der Waals surface area contributed by atoms with E-state index >= 15 is 0 Å². The molecule has 2 aromatic carbocycles. The summed E-state index contributed by atoms with van der Waals surface area (Å²) in [5, 5.41) is 2.47. The number of aldehydes is 1. The van der Waals surface area contributed by atoms with E-state index in [0.29, 0.717) is 13.0 Å². The van der Waals surface area contributed by atoms with Crippen molar-refractivity contribution in [1.82, 2.24) is 0 Å². The highest BCUT2D eigenvalue weighted by Crippen LogP contribution is 2.37. The molecule has 0 radical (unpaired) electrons. The molecule has 0 amide bonds.